The summed E-state index contributed by atoms with van der Waals surface area (Å²) in [4.78, 5) is 11.2. The molecule has 144 valence electrons. The van der Waals surface area contributed by atoms with Crippen LogP contribution in [0.3, 0.4) is 0 Å². The molecule has 1 aliphatic rings. The fraction of sp³-hybridized carbons (Fsp3) is 0.316. The lowest BCUT2D eigenvalue weighted by molar-refractivity contribution is -0.173. The van der Waals surface area contributed by atoms with E-state index in [1.807, 2.05) is 12.1 Å². The van der Waals surface area contributed by atoms with Gasteiger partial charge in [-0.3, -0.25) is 4.79 Å². The lowest BCUT2D eigenvalue weighted by Crippen LogP contribution is -2.37. The van der Waals surface area contributed by atoms with Crippen molar-refractivity contribution in [2.24, 2.45) is 0 Å². The highest BCUT2D eigenvalue weighted by molar-refractivity contribution is 7.89. The van der Waals surface area contributed by atoms with Gasteiger partial charge >= 0.3 is 0 Å². The van der Waals surface area contributed by atoms with Crippen LogP contribution in [0.2, 0.25) is 0 Å². The summed E-state index contributed by atoms with van der Waals surface area (Å²) in [7, 11) is -3.64. The van der Waals surface area contributed by atoms with Gasteiger partial charge in [0.05, 0.1) is 24.7 Å². The second-order valence-corrected chi connectivity index (χ2v) is 7.93. The summed E-state index contributed by atoms with van der Waals surface area (Å²) < 4.78 is 38.0. The third kappa shape index (κ3) is 5.36. The van der Waals surface area contributed by atoms with E-state index in [4.69, 9.17) is 9.47 Å². The molecule has 0 radical (unpaired) electrons. The molecule has 7 nitrogen and oxygen atoms in total. The molecule has 1 amide bonds. The monoisotopic (exact) mass is 390 g/mol. The lowest BCUT2D eigenvalue weighted by atomic mass is 10.1. The number of hydrogen-bond donors (Lipinski definition) is 2. The number of carbonyl (C=O) groups is 1. The number of benzene rings is 2. The molecule has 0 atom stereocenters. The summed E-state index contributed by atoms with van der Waals surface area (Å²) in [5.41, 5.74) is 2.51. The second-order valence-electron chi connectivity index (χ2n) is 6.16. The predicted molar refractivity (Wildman–Crippen MR) is 102 cm³/mol. The van der Waals surface area contributed by atoms with Crippen LogP contribution in [0, 0.1) is 0 Å². The smallest absolute Gasteiger partial charge is 0.240 e. The molecule has 2 N–H and O–H groups in total. The van der Waals surface area contributed by atoms with Crippen molar-refractivity contribution in [3.63, 3.8) is 0 Å². The first-order valence-electron chi connectivity index (χ1n) is 8.65. The first-order chi connectivity index (χ1) is 12.9. The number of nitrogens with one attached hydrogen (secondary N) is 2. The van der Waals surface area contributed by atoms with Gasteiger partial charge in [-0.25, -0.2) is 13.1 Å². The number of rotatable bonds is 6. The maximum Gasteiger partial charge on any atom is 0.240 e. The van der Waals surface area contributed by atoms with Crippen LogP contribution >= 0.6 is 0 Å². The summed E-state index contributed by atoms with van der Waals surface area (Å²) in [6.45, 7) is 2.67. The molecular weight excluding hydrogens is 368 g/mol. The van der Waals surface area contributed by atoms with Crippen LogP contribution in [0.1, 0.15) is 13.3 Å². The first-order valence-corrected chi connectivity index (χ1v) is 10.1. The predicted octanol–water partition coefficient (Wildman–Crippen LogP) is 2.35. The minimum Gasteiger partial charge on any atom is -0.351 e. The number of sulfonamides is 1. The van der Waals surface area contributed by atoms with E-state index in [1.165, 1.54) is 6.92 Å². The van der Waals surface area contributed by atoms with Crippen molar-refractivity contribution in [2.75, 3.05) is 25.1 Å². The van der Waals surface area contributed by atoms with Crippen molar-refractivity contribution in [2.45, 2.75) is 24.5 Å². The second kappa shape index (κ2) is 8.62. The van der Waals surface area contributed by atoms with Gasteiger partial charge in [-0.2, -0.15) is 0 Å². The summed E-state index contributed by atoms with van der Waals surface area (Å²) in [5, 5.41) is 2.71. The van der Waals surface area contributed by atoms with E-state index in [2.05, 4.69) is 10.0 Å². The fourth-order valence-electron chi connectivity index (χ4n) is 2.69. The van der Waals surface area contributed by atoms with Gasteiger partial charge in [0.25, 0.3) is 0 Å². The van der Waals surface area contributed by atoms with Crippen molar-refractivity contribution in [1.82, 2.24) is 4.72 Å². The third-order valence-corrected chi connectivity index (χ3v) is 5.48. The average Bonchev–Trinajstić information content (AvgIpc) is 2.68. The molecule has 1 aliphatic heterocycles. The molecule has 2 aromatic rings. The van der Waals surface area contributed by atoms with Crippen molar-refractivity contribution in [3.05, 3.63) is 48.5 Å². The van der Waals surface area contributed by atoms with Gasteiger partial charge in [-0.15, -0.1) is 0 Å². The lowest BCUT2D eigenvalue weighted by Gasteiger charge is -2.23. The van der Waals surface area contributed by atoms with Crippen molar-refractivity contribution < 1.29 is 22.7 Å². The van der Waals surface area contributed by atoms with E-state index in [9.17, 15) is 13.2 Å². The zero-order chi connectivity index (χ0) is 19.3. The minimum atomic E-state index is -3.64. The van der Waals surface area contributed by atoms with Crippen LogP contribution in [-0.2, 0) is 24.3 Å². The van der Waals surface area contributed by atoms with Crippen molar-refractivity contribution in [1.29, 1.82) is 0 Å². The van der Waals surface area contributed by atoms with Gasteiger partial charge in [0, 0.05) is 12.6 Å². The van der Waals surface area contributed by atoms with Crippen LogP contribution < -0.4 is 10.0 Å². The Kier molecular flexibility index (Phi) is 6.22. The van der Waals surface area contributed by atoms with Crippen molar-refractivity contribution >= 4 is 21.6 Å². The first kappa shape index (κ1) is 19.5. The number of hydrogen-bond acceptors (Lipinski definition) is 5. The molecule has 1 heterocycles. The number of ether oxygens (including phenoxy) is 2. The third-order valence-electron chi connectivity index (χ3n) is 4.04. The Hall–Kier alpha value is -2.26. The Bertz CT molecular complexity index is 873. The average molecular weight is 390 g/mol. The van der Waals surface area contributed by atoms with E-state index in [1.54, 1.807) is 36.4 Å². The van der Waals surface area contributed by atoms with Gasteiger partial charge < -0.3 is 14.8 Å². The SMILES string of the molecule is CC(=O)Nc1ccc(-c2ccc(S(=O)(=O)NCC3OCCCO3)cc2)cc1. The van der Waals surface area contributed by atoms with Crippen LogP contribution in [-0.4, -0.2) is 40.4 Å². The van der Waals surface area contributed by atoms with E-state index >= 15 is 0 Å². The summed E-state index contributed by atoms with van der Waals surface area (Å²) in [5.74, 6) is -0.131. The molecule has 0 spiro atoms. The maximum absolute atomic E-state index is 12.4. The standard InChI is InChI=1S/C19H22N2O5S/c1-14(22)21-17-7-3-15(4-8-17)16-5-9-18(10-6-16)27(23,24)20-13-19-25-11-2-12-26-19/h3-10,19-20H,2,11-13H2,1H3,(H,21,22). The molecule has 3 rings (SSSR count). The maximum atomic E-state index is 12.4. The number of carbonyl (C=O) groups excluding carboxylic acids is 1. The van der Waals surface area contributed by atoms with Crippen LogP contribution in [0.4, 0.5) is 5.69 Å². The van der Waals surface area contributed by atoms with Gasteiger partial charge in [0.1, 0.15) is 0 Å². The molecule has 1 saturated heterocycles. The largest absolute Gasteiger partial charge is 0.351 e. The quantitative estimate of drug-likeness (QED) is 0.790. The highest BCUT2D eigenvalue weighted by Gasteiger charge is 2.19. The highest BCUT2D eigenvalue weighted by Crippen LogP contribution is 2.23. The Balaban J connectivity index is 1.65. The van der Waals surface area contributed by atoms with Gasteiger partial charge in [-0.05, 0) is 41.8 Å². The van der Waals surface area contributed by atoms with Gasteiger partial charge in [0.2, 0.25) is 15.9 Å². The Morgan fingerprint density at radius 3 is 2.11 bits per heavy atom. The topological polar surface area (TPSA) is 93.7 Å². The fourth-order valence-corrected chi connectivity index (χ4v) is 3.71. The molecule has 1 fully saturated rings. The minimum absolute atomic E-state index is 0.0781. The zero-order valence-electron chi connectivity index (χ0n) is 15.0. The van der Waals surface area contributed by atoms with E-state index in [-0.39, 0.29) is 17.3 Å². The summed E-state index contributed by atoms with van der Waals surface area (Å²) >= 11 is 0. The summed E-state index contributed by atoms with van der Waals surface area (Å²) in [6.07, 6.45) is 0.270. The molecule has 0 saturated carbocycles. The van der Waals surface area contributed by atoms with E-state index in [0.29, 0.717) is 18.9 Å². The summed E-state index contributed by atoms with van der Waals surface area (Å²) in [6, 6.07) is 13.9. The van der Waals surface area contributed by atoms with Crippen LogP contribution in [0.25, 0.3) is 11.1 Å². The molecule has 27 heavy (non-hydrogen) atoms. The van der Waals surface area contributed by atoms with Crippen LogP contribution in [0.5, 0.6) is 0 Å². The molecule has 0 bridgehead atoms. The molecule has 8 heteroatoms. The van der Waals surface area contributed by atoms with Gasteiger partial charge in [0.15, 0.2) is 6.29 Å². The molecule has 0 aliphatic carbocycles. The highest BCUT2D eigenvalue weighted by atomic mass is 32.2. The molecule has 2 aromatic carbocycles. The number of anilines is 1. The Morgan fingerprint density at radius 1 is 1.00 bits per heavy atom. The molecule has 0 unspecified atom stereocenters. The number of amides is 1. The molecular formula is C19H22N2O5S. The van der Waals surface area contributed by atoms with E-state index in [0.717, 1.165) is 17.5 Å². The Morgan fingerprint density at radius 2 is 1.56 bits per heavy atom. The van der Waals surface area contributed by atoms with Gasteiger partial charge in [-0.1, -0.05) is 24.3 Å². The zero-order valence-corrected chi connectivity index (χ0v) is 15.8. The normalized spacial score (nSPS) is 15.4. The van der Waals surface area contributed by atoms with Crippen LogP contribution in [0.15, 0.2) is 53.4 Å². The molecule has 0 aromatic heterocycles. The van der Waals surface area contributed by atoms with Crippen molar-refractivity contribution in [3.8, 4) is 11.1 Å². The van der Waals surface area contributed by atoms with E-state index < -0.39 is 16.3 Å². The Labute approximate surface area is 158 Å².